The van der Waals surface area contributed by atoms with Gasteiger partial charge in [0.2, 0.25) is 0 Å². The first-order valence-electron chi connectivity index (χ1n) is 14.4. The first kappa shape index (κ1) is 39.2. The molecular weight excluding hydrogens is 632 g/mol. The fourth-order valence-corrected chi connectivity index (χ4v) is 14.7. The molecule has 0 bridgehead atoms. The smallest absolute Gasteiger partial charge is 0.409 e. The van der Waals surface area contributed by atoms with Gasteiger partial charge in [-0.3, -0.25) is 4.52 Å². The Labute approximate surface area is 252 Å². The first-order chi connectivity index (χ1) is 17.4. The largest absolute Gasteiger partial charge is 0.455 e. The number of hydrogen-bond acceptors (Lipinski definition) is 9. The van der Waals surface area contributed by atoms with Crippen molar-refractivity contribution in [3.63, 3.8) is 0 Å². The van der Waals surface area contributed by atoms with E-state index < -0.39 is 88.4 Å². The van der Waals surface area contributed by atoms with Gasteiger partial charge in [0.1, 0.15) is 24.4 Å². The summed E-state index contributed by atoms with van der Waals surface area (Å²) in [6.07, 6.45) is -2.71. The Morgan fingerprint density at radius 2 is 0.850 bits per heavy atom. The molecule has 1 saturated heterocycles. The third-order valence-corrected chi connectivity index (χ3v) is 15.2. The molecule has 0 aromatic heterocycles. The molecule has 1 fully saturated rings. The lowest BCUT2D eigenvalue weighted by Gasteiger charge is -2.51. The van der Waals surface area contributed by atoms with Gasteiger partial charge < -0.3 is 30.9 Å². The molecule has 16 heteroatoms. The highest BCUT2D eigenvalue weighted by atomic mass is 31.2. The van der Waals surface area contributed by atoms with Gasteiger partial charge in [0.25, 0.3) is 0 Å². The van der Waals surface area contributed by atoms with Gasteiger partial charge in [-0.1, -0.05) is 0 Å². The van der Waals surface area contributed by atoms with Crippen LogP contribution in [-0.2, 0) is 40.0 Å². The van der Waals surface area contributed by atoms with E-state index in [1.54, 1.807) is 0 Å². The first-order valence-corrected chi connectivity index (χ1v) is 36.3. The van der Waals surface area contributed by atoms with Crippen LogP contribution < -0.4 is 0 Å². The molecule has 0 aliphatic carbocycles. The van der Waals surface area contributed by atoms with Crippen LogP contribution in [0.3, 0.4) is 0 Å². The van der Waals surface area contributed by atoms with Crippen LogP contribution >= 0.6 is 7.82 Å². The summed E-state index contributed by atoms with van der Waals surface area (Å²) in [7, 11) is -16.7. The zero-order valence-electron chi connectivity index (χ0n) is 28.7. The fourth-order valence-electron chi connectivity index (χ4n) is 3.99. The summed E-state index contributed by atoms with van der Waals surface area (Å²) in [4.78, 5) is 0. The van der Waals surface area contributed by atoms with E-state index in [0.29, 0.717) is 0 Å². The van der Waals surface area contributed by atoms with Crippen molar-refractivity contribution in [1.29, 1.82) is 0 Å². The zero-order valence-corrected chi connectivity index (χ0v) is 35.6. The Bertz CT molecular complexity index is 834. The van der Waals surface area contributed by atoms with Crippen LogP contribution in [0.15, 0.2) is 0 Å². The van der Waals surface area contributed by atoms with Gasteiger partial charge in [0, 0.05) is 0 Å². The van der Waals surface area contributed by atoms with E-state index in [1.165, 1.54) is 0 Å². The average molecular weight is 693 g/mol. The van der Waals surface area contributed by atoms with E-state index in [2.05, 4.69) is 78.6 Å². The maximum atomic E-state index is 14.0. The van der Waals surface area contributed by atoms with Crippen molar-refractivity contribution in [3.8, 4) is 0 Å². The van der Waals surface area contributed by atoms with Crippen LogP contribution in [0.2, 0.25) is 118 Å². The number of phosphoric acid groups is 1. The molecule has 0 aromatic rings. The topological polar surface area (TPSA) is 90.9 Å². The molecule has 5 unspecified atom stereocenters. The quantitative estimate of drug-likeness (QED) is 0.125. The van der Waals surface area contributed by atoms with Crippen LogP contribution in [-0.4, -0.2) is 87.2 Å². The standard InChI is InChI=1S/C24H61O9PSi6/c1-35(2,3)28-21-20(19-26-34(25,32-39(13,14)15)33-40(16,17)18)27-24(31-38(10,11)12)23(30-37(7,8)9)22(21)29-36(4,5)6/h20-24H,19H2,1-18H3. The summed E-state index contributed by atoms with van der Waals surface area (Å²) in [6.45, 7) is 37.6. The Morgan fingerprint density at radius 1 is 0.500 bits per heavy atom. The van der Waals surface area contributed by atoms with Gasteiger partial charge in [-0.15, -0.1) is 0 Å². The minimum absolute atomic E-state index is 0.0435. The molecule has 1 aliphatic rings. The monoisotopic (exact) mass is 692 g/mol. The lowest BCUT2D eigenvalue weighted by molar-refractivity contribution is -0.268. The van der Waals surface area contributed by atoms with Crippen molar-refractivity contribution in [2.45, 2.75) is 149 Å². The molecule has 5 atom stereocenters. The third-order valence-electron chi connectivity index (χ3n) is 4.70. The van der Waals surface area contributed by atoms with E-state index >= 15 is 0 Å². The van der Waals surface area contributed by atoms with Gasteiger partial charge in [-0.2, -0.15) is 0 Å². The minimum atomic E-state index is -3.87. The van der Waals surface area contributed by atoms with Gasteiger partial charge >= 0.3 is 7.82 Å². The van der Waals surface area contributed by atoms with Crippen LogP contribution in [0.4, 0.5) is 0 Å². The molecule has 0 aromatic carbocycles. The maximum absolute atomic E-state index is 14.0. The SMILES string of the molecule is C[Si](C)(C)OC1OC(COP(=O)(O[Si](C)(C)C)O[Si](C)(C)C)C(O[Si](C)(C)C)C(O[Si](C)(C)C)C1O[Si](C)(C)C. The summed E-state index contributed by atoms with van der Waals surface area (Å²) >= 11 is 0. The van der Waals surface area contributed by atoms with E-state index in [1.807, 2.05) is 39.3 Å². The molecule has 240 valence electrons. The highest BCUT2D eigenvalue weighted by molar-refractivity contribution is 7.52. The third kappa shape index (κ3) is 16.3. The molecular formula is C24H61O9PSi6. The molecule has 0 radical (unpaired) electrons. The Balaban J connectivity index is 3.64. The van der Waals surface area contributed by atoms with Gasteiger partial charge in [0.05, 0.1) is 6.61 Å². The summed E-state index contributed by atoms with van der Waals surface area (Å²) in [6, 6.07) is 0. The van der Waals surface area contributed by atoms with Crippen molar-refractivity contribution >= 4 is 57.7 Å². The Kier molecular flexibility index (Phi) is 13.4. The molecule has 1 aliphatic heterocycles. The zero-order chi connectivity index (χ0) is 31.8. The van der Waals surface area contributed by atoms with Crippen LogP contribution in [0.1, 0.15) is 0 Å². The molecule has 40 heavy (non-hydrogen) atoms. The fraction of sp³-hybridized carbons (Fsp3) is 1.00. The molecule has 1 rings (SSSR count). The minimum Gasteiger partial charge on any atom is -0.409 e. The number of ether oxygens (including phenoxy) is 1. The molecule has 0 saturated carbocycles. The average Bonchev–Trinajstić information content (AvgIpc) is 2.57. The summed E-state index contributed by atoms with van der Waals surface area (Å²) < 4.78 is 66.0. The molecule has 0 N–H and O–H groups in total. The normalized spacial score (nSPS) is 26.3. The molecule has 1 heterocycles. The molecule has 9 nitrogen and oxygen atoms in total. The Morgan fingerprint density at radius 3 is 1.20 bits per heavy atom. The second-order valence-electron chi connectivity index (χ2n) is 16.5. The van der Waals surface area contributed by atoms with Crippen molar-refractivity contribution in [3.05, 3.63) is 0 Å². The molecule has 0 spiro atoms. The Hall–Kier alpha value is 1.21. The summed E-state index contributed by atoms with van der Waals surface area (Å²) in [5, 5.41) is 0. The van der Waals surface area contributed by atoms with Crippen molar-refractivity contribution in [1.82, 2.24) is 0 Å². The lowest BCUT2D eigenvalue weighted by Crippen LogP contribution is -2.67. The summed E-state index contributed by atoms with van der Waals surface area (Å²) in [5.41, 5.74) is 0. The number of hydrogen-bond donors (Lipinski definition) is 0. The number of rotatable bonds is 15. The van der Waals surface area contributed by atoms with E-state index in [9.17, 15) is 4.57 Å². The van der Waals surface area contributed by atoms with Gasteiger partial charge in [-0.25, -0.2) is 4.57 Å². The summed E-state index contributed by atoms with van der Waals surface area (Å²) in [5.74, 6) is 0. The van der Waals surface area contributed by atoms with Crippen molar-refractivity contribution in [2.75, 3.05) is 6.61 Å². The van der Waals surface area contributed by atoms with Crippen molar-refractivity contribution < 1.29 is 40.0 Å². The predicted octanol–water partition coefficient (Wildman–Crippen LogP) is 8.05. The molecule has 0 amide bonds. The van der Waals surface area contributed by atoms with E-state index in [-0.39, 0.29) is 6.61 Å². The highest BCUT2D eigenvalue weighted by Gasteiger charge is 2.53. The predicted molar refractivity (Wildman–Crippen MR) is 180 cm³/mol. The second-order valence-corrected chi connectivity index (χ2v) is 45.4. The lowest BCUT2D eigenvalue weighted by atomic mass is 9.99. The van der Waals surface area contributed by atoms with Crippen LogP contribution in [0.25, 0.3) is 0 Å². The van der Waals surface area contributed by atoms with Crippen LogP contribution in [0, 0.1) is 0 Å². The van der Waals surface area contributed by atoms with E-state index in [0.717, 1.165) is 0 Å². The van der Waals surface area contributed by atoms with Gasteiger partial charge in [-0.05, 0) is 118 Å². The van der Waals surface area contributed by atoms with Crippen molar-refractivity contribution in [2.24, 2.45) is 0 Å². The highest BCUT2D eigenvalue weighted by Crippen LogP contribution is 2.54. The second kappa shape index (κ2) is 13.7. The maximum Gasteiger partial charge on any atom is 0.455 e. The van der Waals surface area contributed by atoms with E-state index in [4.69, 9.17) is 35.4 Å². The van der Waals surface area contributed by atoms with Crippen LogP contribution in [0.5, 0.6) is 0 Å². The van der Waals surface area contributed by atoms with Gasteiger partial charge in [0.15, 0.2) is 56.2 Å².